The van der Waals surface area contributed by atoms with Gasteiger partial charge in [-0.25, -0.2) is 0 Å². The summed E-state index contributed by atoms with van der Waals surface area (Å²) in [4.78, 5) is 0. The van der Waals surface area contributed by atoms with Gasteiger partial charge in [-0.15, -0.1) is 0 Å². The average molecular weight is 362 g/mol. The molecular formula is C6H9BrHg. The molecule has 0 aromatic carbocycles. The summed E-state index contributed by atoms with van der Waals surface area (Å²) in [6.07, 6.45) is 8.86. The quantitative estimate of drug-likeness (QED) is 0.498. The van der Waals surface area contributed by atoms with Crippen LogP contribution in [0.2, 0.25) is 3.43 Å². The molecule has 1 rings (SSSR count). The fraction of sp³-hybridized carbons (Fsp3) is 0.667. The molecule has 1 aliphatic carbocycles. The van der Waals surface area contributed by atoms with Gasteiger partial charge in [-0.2, -0.15) is 0 Å². The van der Waals surface area contributed by atoms with Crippen LogP contribution in [0.5, 0.6) is 0 Å². The van der Waals surface area contributed by atoms with E-state index < -0.39 is 22.1 Å². The molecule has 1 aliphatic rings. The monoisotopic (exact) mass is 362 g/mol. The predicted octanol–water partition coefficient (Wildman–Crippen LogP) is 2.91. The van der Waals surface area contributed by atoms with E-state index in [0.29, 0.717) is 0 Å². The summed E-state index contributed by atoms with van der Waals surface area (Å²) in [6, 6.07) is 0. The first-order valence-corrected chi connectivity index (χ1v) is 18.2. The third-order valence-electron chi connectivity index (χ3n) is 1.60. The van der Waals surface area contributed by atoms with Crippen LogP contribution in [0.4, 0.5) is 0 Å². The summed E-state index contributed by atoms with van der Waals surface area (Å²) >= 11 is 3.20. The van der Waals surface area contributed by atoms with E-state index in [4.69, 9.17) is 0 Å². The van der Waals surface area contributed by atoms with Gasteiger partial charge < -0.3 is 0 Å². The maximum absolute atomic E-state index is 3.70. The van der Waals surface area contributed by atoms with Gasteiger partial charge in [0.05, 0.1) is 0 Å². The second kappa shape index (κ2) is 4.05. The van der Waals surface area contributed by atoms with Crippen molar-refractivity contribution in [3.8, 4) is 0 Å². The molecule has 0 bridgehead atoms. The van der Waals surface area contributed by atoms with E-state index in [1.807, 2.05) is 0 Å². The third kappa shape index (κ3) is 2.18. The Morgan fingerprint density at radius 2 is 2.38 bits per heavy atom. The molecule has 0 nitrogen and oxygen atoms in total. The number of rotatable bonds is 1. The molecule has 0 fully saturated rings. The Labute approximate surface area is 68.4 Å². The fourth-order valence-electron chi connectivity index (χ4n) is 0.996. The van der Waals surface area contributed by atoms with Crippen molar-refractivity contribution < 1.29 is 22.1 Å². The molecule has 0 radical (unpaired) electrons. The van der Waals surface area contributed by atoms with Crippen LogP contribution in [-0.2, 0) is 22.1 Å². The summed E-state index contributed by atoms with van der Waals surface area (Å²) in [5.74, 6) is 0. The molecular weight excluding hydrogens is 353 g/mol. The molecule has 2 heteroatoms. The minimum atomic E-state index is -0.500. The Bertz CT molecular complexity index is 90.5. The number of hydrogen-bond donors (Lipinski definition) is 0. The van der Waals surface area contributed by atoms with Crippen molar-refractivity contribution in [2.75, 3.05) is 0 Å². The van der Waals surface area contributed by atoms with Gasteiger partial charge in [-0.3, -0.25) is 0 Å². The topological polar surface area (TPSA) is 0 Å². The van der Waals surface area contributed by atoms with Gasteiger partial charge in [0.15, 0.2) is 0 Å². The van der Waals surface area contributed by atoms with Crippen molar-refractivity contribution in [3.63, 3.8) is 0 Å². The molecule has 0 aromatic heterocycles. The molecule has 8 heavy (non-hydrogen) atoms. The van der Waals surface area contributed by atoms with Crippen LogP contribution >= 0.6 is 11.9 Å². The Hall–Kier alpha value is 1.16. The molecule has 0 amide bonds. The Kier molecular flexibility index (Phi) is 3.68. The van der Waals surface area contributed by atoms with Crippen LogP contribution in [0.15, 0.2) is 12.2 Å². The molecule has 0 N–H and O–H groups in total. The standard InChI is InChI=1S/C6H9.BrH.Hg/c1-2-4-6-5-3-1;;/h1-2,5H,3-4,6H2;1H;/q;;+1/p-1. The normalized spacial score (nSPS) is 27.4. The van der Waals surface area contributed by atoms with Crippen molar-refractivity contribution >= 4 is 11.9 Å². The summed E-state index contributed by atoms with van der Waals surface area (Å²) in [5, 5.41) is 0. The van der Waals surface area contributed by atoms with Crippen LogP contribution in [0.3, 0.4) is 0 Å². The van der Waals surface area contributed by atoms with Gasteiger partial charge >= 0.3 is 68.9 Å². The van der Waals surface area contributed by atoms with Crippen molar-refractivity contribution in [1.82, 2.24) is 0 Å². The molecule has 1 atom stereocenters. The van der Waals surface area contributed by atoms with E-state index in [9.17, 15) is 0 Å². The summed E-state index contributed by atoms with van der Waals surface area (Å²) in [7, 11) is 0. The zero-order valence-electron chi connectivity index (χ0n) is 4.94. The second-order valence-corrected chi connectivity index (χ2v) is 13.7. The zero-order valence-corrected chi connectivity index (χ0v) is 12.0. The number of allylic oxidation sites excluding steroid dienone is 2. The van der Waals surface area contributed by atoms with Gasteiger partial charge in [0.25, 0.3) is 0 Å². The van der Waals surface area contributed by atoms with Crippen molar-refractivity contribution in [2.45, 2.75) is 22.7 Å². The van der Waals surface area contributed by atoms with E-state index in [0.717, 1.165) is 3.43 Å². The van der Waals surface area contributed by atoms with Crippen LogP contribution in [0.25, 0.3) is 0 Å². The average Bonchev–Trinajstić information content (AvgIpc) is 1.90. The van der Waals surface area contributed by atoms with Crippen LogP contribution < -0.4 is 0 Å². The van der Waals surface area contributed by atoms with Crippen molar-refractivity contribution in [2.24, 2.45) is 0 Å². The van der Waals surface area contributed by atoms with E-state index >= 15 is 0 Å². The SMILES string of the molecule is [Br][Hg][CH]1CC=CCC1. The van der Waals surface area contributed by atoms with Gasteiger partial charge in [-0.05, 0) is 0 Å². The predicted molar refractivity (Wildman–Crippen MR) is 35.7 cm³/mol. The molecule has 0 spiro atoms. The van der Waals surface area contributed by atoms with Crippen LogP contribution in [0.1, 0.15) is 19.3 Å². The number of hydrogen-bond acceptors (Lipinski definition) is 0. The Balaban J connectivity index is 2.27. The van der Waals surface area contributed by atoms with Crippen LogP contribution in [-0.4, -0.2) is 0 Å². The van der Waals surface area contributed by atoms with Gasteiger partial charge in [0.1, 0.15) is 0 Å². The number of halogens is 1. The maximum atomic E-state index is 3.70. The fourth-order valence-corrected chi connectivity index (χ4v) is 8.91. The zero-order chi connectivity index (χ0) is 5.82. The van der Waals surface area contributed by atoms with Crippen LogP contribution in [0, 0.1) is 0 Å². The van der Waals surface area contributed by atoms with Crippen molar-refractivity contribution in [3.05, 3.63) is 12.2 Å². The molecule has 0 heterocycles. The first-order valence-electron chi connectivity index (χ1n) is 3.14. The molecule has 0 aliphatic heterocycles. The first kappa shape index (κ1) is 7.26. The van der Waals surface area contributed by atoms with E-state index in [-0.39, 0.29) is 0 Å². The summed E-state index contributed by atoms with van der Waals surface area (Å²) in [5.41, 5.74) is 0. The van der Waals surface area contributed by atoms with E-state index in [1.165, 1.54) is 19.3 Å². The van der Waals surface area contributed by atoms with E-state index in [1.54, 1.807) is 0 Å². The molecule has 0 saturated carbocycles. The Morgan fingerprint density at radius 1 is 1.50 bits per heavy atom. The van der Waals surface area contributed by atoms with Gasteiger partial charge in [-0.1, -0.05) is 0 Å². The molecule has 0 saturated heterocycles. The van der Waals surface area contributed by atoms with Gasteiger partial charge in [0, 0.05) is 0 Å². The summed E-state index contributed by atoms with van der Waals surface area (Å²) < 4.78 is 1.14. The molecule has 1 unspecified atom stereocenters. The first-order chi connectivity index (χ1) is 3.93. The summed E-state index contributed by atoms with van der Waals surface area (Å²) in [6.45, 7) is 0. The minimum absolute atomic E-state index is 0.500. The third-order valence-corrected chi connectivity index (χ3v) is 14.2. The van der Waals surface area contributed by atoms with Crippen molar-refractivity contribution in [1.29, 1.82) is 0 Å². The molecule has 0 aromatic rings. The van der Waals surface area contributed by atoms with E-state index in [2.05, 4.69) is 24.1 Å². The van der Waals surface area contributed by atoms with Gasteiger partial charge in [0.2, 0.25) is 0 Å². The second-order valence-electron chi connectivity index (χ2n) is 2.30. The Morgan fingerprint density at radius 3 is 2.75 bits per heavy atom. The molecule has 42 valence electrons.